The maximum Gasteiger partial charge on any atom is 0.262 e. The van der Waals surface area contributed by atoms with Gasteiger partial charge in [-0.3, -0.25) is 14.5 Å². The molecule has 0 unspecified atom stereocenters. The molecule has 1 fully saturated rings. The summed E-state index contributed by atoms with van der Waals surface area (Å²) in [5.74, 6) is -0.375. The van der Waals surface area contributed by atoms with E-state index in [1.165, 1.54) is 24.2 Å². The Morgan fingerprint density at radius 3 is 2.38 bits per heavy atom. The van der Waals surface area contributed by atoms with E-state index in [2.05, 4.69) is 27.0 Å². The Morgan fingerprint density at radius 1 is 0.765 bits per heavy atom. The first-order chi connectivity index (χ1) is 16.7. The molecule has 0 atom stereocenters. The Kier molecular flexibility index (Phi) is 4.26. The second-order valence-electron chi connectivity index (χ2n) is 9.40. The molecule has 6 heteroatoms. The minimum atomic E-state index is -0.193. The van der Waals surface area contributed by atoms with Gasteiger partial charge in [0, 0.05) is 40.8 Å². The van der Waals surface area contributed by atoms with Crippen molar-refractivity contribution in [2.75, 3.05) is 26.2 Å². The van der Waals surface area contributed by atoms with Crippen LogP contribution in [0.25, 0.3) is 43.5 Å². The molecule has 0 bridgehead atoms. The number of aromatic nitrogens is 2. The van der Waals surface area contributed by atoms with Crippen LogP contribution in [-0.4, -0.2) is 57.8 Å². The maximum atomic E-state index is 13.9. The van der Waals surface area contributed by atoms with Gasteiger partial charge in [0.2, 0.25) is 0 Å². The number of benzene rings is 3. The van der Waals surface area contributed by atoms with Crippen molar-refractivity contribution in [1.29, 1.82) is 0 Å². The summed E-state index contributed by atoms with van der Waals surface area (Å²) >= 11 is 0. The summed E-state index contributed by atoms with van der Waals surface area (Å²) in [6, 6.07) is 16.1. The van der Waals surface area contributed by atoms with Crippen LogP contribution in [-0.2, 0) is 0 Å². The zero-order valence-corrected chi connectivity index (χ0v) is 18.8. The molecule has 168 valence electrons. The second kappa shape index (κ2) is 7.37. The van der Waals surface area contributed by atoms with Crippen molar-refractivity contribution in [1.82, 2.24) is 19.8 Å². The SMILES string of the molecule is O=C1c2c(c3c4cccnc4[nH]c3c3ccc4ccccc4c23)C(=O)N1CCN1CCCCC1. The van der Waals surface area contributed by atoms with Crippen molar-refractivity contribution in [3.05, 3.63) is 65.9 Å². The Bertz CT molecular complexity index is 1650. The average Bonchev–Trinajstić information content (AvgIpc) is 3.38. The van der Waals surface area contributed by atoms with Gasteiger partial charge in [-0.05, 0) is 48.8 Å². The number of nitrogens with one attached hydrogen (secondary N) is 1. The number of fused-ring (bicyclic) bond motifs is 10. The number of amides is 2. The number of H-pyrrole nitrogens is 1. The fourth-order valence-electron chi connectivity index (χ4n) is 5.90. The van der Waals surface area contributed by atoms with Gasteiger partial charge in [0.25, 0.3) is 11.8 Å². The molecule has 5 aromatic rings. The molecule has 7 rings (SSSR count). The molecule has 2 amide bonds. The van der Waals surface area contributed by atoms with Crippen LogP contribution in [0.4, 0.5) is 0 Å². The summed E-state index contributed by atoms with van der Waals surface area (Å²) in [4.78, 5) is 39.6. The second-order valence-corrected chi connectivity index (χ2v) is 9.40. The number of imide groups is 1. The summed E-state index contributed by atoms with van der Waals surface area (Å²) in [7, 11) is 0. The number of nitrogens with zero attached hydrogens (tertiary/aromatic N) is 3. The van der Waals surface area contributed by atoms with Crippen LogP contribution in [0.3, 0.4) is 0 Å². The van der Waals surface area contributed by atoms with E-state index in [-0.39, 0.29) is 11.8 Å². The van der Waals surface area contributed by atoms with Crippen molar-refractivity contribution in [3.8, 4) is 0 Å². The lowest BCUT2D eigenvalue weighted by molar-refractivity contribution is 0.0633. The van der Waals surface area contributed by atoms with Crippen LogP contribution in [0.2, 0.25) is 0 Å². The number of pyridine rings is 1. The number of carbonyl (C=O) groups is 2. The number of carbonyl (C=O) groups excluding carboxylic acids is 2. The quantitative estimate of drug-likeness (QED) is 0.308. The van der Waals surface area contributed by atoms with E-state index in [4.69, 9.17) is 0 Å². The molecule has 1 N–H and O–H groups in total. The lowest BCUT2D eigenvalue weighted by Crippen LogP contribution is -2.40. The summed E-state index contributed by atoms with van der Waals surface area (Å²) in [5.41, 5.74) is 2.65. The summed E-state index contributed by atoms with van der Waals surface area (Å²) in [5, 5.41) is 5.53. The van der Waals surface area contributed by atoms with Gasteiger partial charge in [-0.1, -0.05) is 42.8 Å². The van der Waals surface area contributed by atoms with Crippen LogP contribution in [0, 0.1) is 0 Å². The van der Waals surface area contributed by atoms with Crippen molar-refractivity contribution in [3.63, 3.8) is 0 Å². The molecule has 2 aromatic heterocycles. The van der Waals surface area contributed by atoms with Crippen LogP contribution >= 0.6 is 0 Å². The summed E-state index contributed by atoms with van der Waals surface area (Å²) < 4.78 is 0. The van der Waals surface area contributed by atoms with Crippen LogP contribution < -0.4 is 0 Å². The molecule has 0 spiro atoms. The van der Waals surface area contributed by atoms with Gasteiger partial charge in [0.05, 0.1) is 16.6 Å². The van der Waals surface area contributed by atoms with E-state index in [0.717, 1.165) is 63.1 Å². The van der Waals surface area contributed by atoms with Gasteiger partial charge < -0.3 is 9.88 Å². The fourth-order valence-corrected chi connectivity index (χ4v) is 5.90. The molecule has 0 saturated carbocycles. The molecule has 4 heterocycles. The van der Waals surface area contributed by atoms with Gasteiger partial charge in [0.1, 0.15) is 5.65 Å². The molecular formula is C28H24N4O2. The van der Waals surface area contributed by atoms with E-state index >= 15 is 0 Å². The number of aromatic amines is 1. The molecule has 3 aromatic carbocycles. The predicted molar refractivity (Wildman–Crippen MR) is 134 cm³/mol. The number of piperidine rings is 1. The molecule has 6 nitrogen and oxygen atoms in total. The number of hydrogen-bond acceptors (Lipinski definition) is 4. The minimum Gasteiger partial charge on any atom is -0.339 e. The molecular weight excluding hydrogens is 424 g/mol. The minimum absolute atomic E-state index is 0.182. The van der Waals surface area contributed by atoms with Gasteiger partial charge in [-0.2, -0.15) is 0 Å². The fraction of sp³-hybridized carbons (Fsp3) is 0.250. The molecule has 0 radical (unpaired) electrons. The lowest BCUT2D eigenvalue weighted by atomic mass is 9.91. The normalized spacial score (nSPS) is 17.0. The third kappa shape index (κ3) is 2.69. The zero-order valence-electron chi connectivity index (χ0n) is 18.8. The van der Waals surface area contributed by atoms with E-state index in [1.54, 1.807) is 6.20 Å². The number of rotatable bonds is 3. The lowest BCUT2D eigenvalue weighted by Gasteiger charge is -2.27. The highest BCUT2D eigenvalue weighted by atomic mass is 16.2. The Balaban J connectivity index is 1.50. The zero-order chi connectivity index (χ0) is 22.8. The topological polar surface area (TPSA) is 69.3 Å². The van der Waals surface area contributed by atoms with Crippen LogP contribution in [0.15, 0.2) is 54.7 Å². The molecule has 2 aliphatic rings. The highest BCUT2D eigenvalue weighted by Crippen LogP contribution is 2.43. The first-order valence-corrected chi connectivity index (χ1v) is 12.0. The van der Waals surface area contributed by atoms with Crippen LogP contribution in [0.1, 0.15) is 40.0 Å². The molecule has 2 aliphatic heterocycles. The molecule has 0 aliphatic carbocycles. The van der Waals surface area contributed by atoms with Gasteiger partial charge in [-0.15, -0.1) is 0 Å². The Labute approximate surface area is 196 Å². The number of hydrogen-bond donors (Lipinski definition) is 1. The monoisotopic (exact) mass is 448 g/mol. The summed E-state index contributed by atoms with van der Waals surface area (Å²) in [6.45, 7) is 3.22. The molecule has 1 saturated heterocycles. The van der Waals surface area contributed by atoms with Gasteiger partial charge >= 0.3 is 0 Å². The van der Waals surface area contributed by atoms with E-state index in [0.29, 0.717) is 17.7 Å². The predicted octanol–water partition coefficient (Wildman–Crippen LogP) is 5.10. The van der Waals surface area contributed by atoms with Crippen molar-refractivity contribution in [2.45, 2.75) is 19.3 Å². The average molecular weight is 449 g/mol. The highest BCUT2D eigenvalue weighted by Gasteiger charge is 2.40. The number of likely N-dealkylation sites (tertiary alicyclic amines) is 1. The third-order valence-corrected chi connectivity index (χ3v) is 7.53. The van der Waals surface area contributed by atoms with E-state index < -0.39 is 0 Å². The first kappa shape index (κ1) is 19.7. The first-order valence-electron chi connectivity index (χ1n) is 12.0. The van der Waals surface area contributed by atoms with Crippen molar-refractivity contribution in [2.24, 2.45) is 0 Å². The van der Waals surface area contributed by atoms with Crippen LogP contribution in [0.5, 0.6) is 0 Å². The summed E-state index contributed by atoms with van der Waals surface area (Å²) in [6.07, 6.45) is 5.37. The standard InChI is InChI=1S/C28H24N4O2/c33-27-23-21-18-8-3-2-7-17(18)10-11-19(21)25-22(20-9-6-12-29-26(20)30-25)24(23)28(34)32(27)16-15-31-13-4-1-5-14-31/h2-3,6-12H,1,4-5,13-16H2,(H,29,30). The third-order valence-electron chi connectivity index (χ3n) is 7.53. The van der Waals surface area contributed by atoms with Gasteiger partial charge in [-0.25, -0.2) is 4.98 Å². The van der Waals surface area contributed by atoms with E-state index in [9.17, 15) is 9.59 Å². The Morgan fingerprint density at radius 2 is 1.53 bits per heavy atom. The van der Waals surface area contributed by atoms with Gasteiger partial charge in [0.15, 0.2) is 0 Å². The smallest absolute Gasteiger partial charge is 0.262 e. The Hall–Kier alpha value is -3.77. The van der Waals surface area contributed by atoms with E-state index in [1.807, 2.05) is 36.4 Å². The highest BCUT2D eigenvalue weighted by molar-refractivity contribution is 6.39. The van der Waals surface area contributed by atoms with Crippen molar-refractivity contribution >= 4 is 55.3 Å². The van der Waals surface area contributed by atoms with Crippen molar-refractivity contribution < 1.29 is 9.59 Å². The maximum absolute atomic E-state index is 13.9. The molecule has 34 heavy (non-hydrogen) atoms. The largest absolute Gasteiger partial charge is 0.339 e.